The van der Waals surface area contributed by atoms with Crippen molar-refractivity contribution in [2.75, 3.05) is 7.11 Å². The first-order chi connectivity index (χ1) is 15.0. The number of allylic oxidation sites excluding steroid dienone is 3. The van der Waals surface area contributed by atoms with Gasteiger partial charge in [-0.15, -0.1) is 0 Å². The van der Waals surface area contributed by atoms with E-state index in [4.69, 9.17) is 19.9 Å². The van der Waals surface area contributed by atoms with Crippen LogP contribution in [0.2, 0.25) is 0 Å². The summed E-state index contributed by atoms with van der Waals surface area (Å²) in [6.07, 6.45) is 1.68. The third kappa shape index (κ3) is 3.84. The highest BCUT2D eigenvalue weighted by Gasteiger charge is 2.38. The van der Waals surface area contributed by atoms with E-state index in [-0.39, 0.29) is 29.7 Å². The molecule has 6 nitrogen and oxygen atoms in total. The monoisotopic (exact) mass is 420 g/mol. The number of Topliss-reactive ketones (excluding diaryl/α,β-unsaturated/α-hetero) is 1. The second-order valence-corrected chi connectivity index (χ2v) is 7.33. The van der Waals surface area contributed by atoms with Gasteiger partial charge in [-0.05, 0) is 30.2 Å². The maximum Gasteiger partial charge on any atom is 0.205 e. The second-order valence-electron chi connectivity index (χ2n) is 7.33. The van der Waals surface area contributed by atoms with E-state index in [0.29, 0.717) is 53.2 Å². The molecule has 31 heavy (non-hydrogen) atoms. The Morgan fingerprint density at radius 1 is 1.23 bits per heavy atom. The van der Waals surface area contributed by atoms with Gasteiger partial charge in [0.2, 0.25) is 5.88 Å². The van der Waals surface area contributed by atoms with Crippen LogP contribution in [0.15, 0.2) is 65.3 Å². The standard InChI is InChI=1S/C24H21FN2O4/c1-29-21-11-14(9-10-19(21)30-13-15-5-2-3-6-17(15)25)22-16(12-26)24(27)31-20-8-4-7-18(28)23(20)22/h2-3,5-6,9-11,22H,4,7-8,13,27H2,1H3/t22-/m1/s1. The van der Waals surface area contributed by atoms with Crippen molar-refractivity contribution < 1.29 is 23.4 Å². The van der Waals surface area contributed by atoms with Crippen LogP contribution in [0.3, 0.4) is 0 Å². The van der Waals surface area contributed by atoms with Crippen LogP contribution in [-0.4, -0.2) is 12.9 Å². The van der Waals surface area contributed by atoms with Crippen molar-refractivity contribution in [3.8, 4) is 17.6 Å². The Labute approximate surface area is 179 Å². The molecule has 0 radical (unpaired) electrons. The van der Waals surface area contributed by atoms with Gasteiger partial charge in [-0.3, -0.25) is 4.79 Å². The predicted octanol–water partition coefficient (Wildman–Crippen LogP) is 4.23. The zero-order valence-electron chi connectivity index (χ0n) is 17.0. The molecule has 1 aliphatic heterocycles. The normalized spacial score (nSPS) is 18.2. The van der Waals surface area contributed by atoms with Crippen LogP contribution in [-0.2, 0) is 16.1 Å². The number of nitriles is 1. The molecule has 0 fully saturated rings. The van der Waals surface area contributed by atoms with Crippen LogP contribution in [0.5, 0.6) is 11.5 Å². The minimum Gasteiger partial charge on any atom is -0.493 e. The third-order valence-electron chi connectivity index (χ3n) is 5.47. The van der Waals surface area contributed by atoms with E-state index < -0.39 is 5.92 Å². The number of ether oxygens (including phenoxy) is 3. The van der Waals surface area contributed by atoms with Crippen LogP contribution >= 0.6 is 0 Å². The zero-order valence-corrected chi connectivity index (χ0v) is 17.0. The number of nitrogens with two attached hydrogens (primary N) is 1. The average molecular weight is 420 g/mol. The fourth-order valence-corrected chi connectivity index (χ4v) is 3.94. The molecule has 158 valence electrons. The minimum atomic E-state index is -0.629. The van der Waals surface area contributed by atoms with Crippen LogP contribution in [0.25, 0.3) is 0 Å². The van der Waals surface area contributed by atoms with E-state index in [1.54, 1.807) is 36.4 Å². The first-order valence-electron chi connectivity index (χ1n) is 9.91. The third-order valence-corrected chi connectivity index (χ3v) is 5.47. The summed E-state index contributed by atoms with van der Waals surface area (Å²) >= 11 is 0. The lowest BCUT2D eigenvalue weighted by Gasteiger charge is -2.31. The maximum atomic E-state index is 13.9. The van der Waals surface area contributed by atoms with Crippen LogP contribution in [0.4, 0.5) is 4.39 Å². The van der Waals surface area contributed by atoms with Gasteiger partial charge in [0.05, 0.1) is 13.0 Å². The Hall–Kier alpha value is -3.79. The number of benzene rings is 2. The molecule has 0 amide bonds. The SMILES string of the molecule is COc1cc([C@@H]2C(C#N)=C(N)OC3=C2C(=O)CCC3)ccc1OCc1ccccc1F. The molecule has 2 aromatic rings. The molecular weight excluding hydrogens is 399 g/mol. The van der Waals surface area contributed by atoms with Crippen LogP contribution < -0.4 is 15.2 Å². The van der Waals surface area contributed by atoms with Crippen molar-refractivity contribution in [3.05, 3.63) is 82.2 Å². The predicted molar refractivity (Wildman–Crippen MR) is 110 cm³/mol. The maximum absolute atomic E-state index is 13.9. The van der Waals surface area contributed by atoms with E-state index in [2.05, 4.69) is 6.07 Å². The number of methoxy groups -OCH3 is 1. The summed E-state index contributed by atoms with van der Waals surface area (Å²) in [7, 11) is 1.49. The lowest BCUT2D eigenvalue weighted by atomic mass is 9.77. The molecule has 2 aromatic carbocycles. The Kier molecular flexibility index (Phi) is 5.63. The highest BCUT2D eigenvalue weighted by atomic mass is 19.1. The number of nitrogens with zero attached hydrogens (tertiary/aromatic N) is 1. The molecule has 2 aliphatic rings. The van der Waals surface area contributed by atoms with E-state index in [1.165, 1.54) is 13.2 Å². The largest absolute Gasteiger partial charge is 0.493 e. The first-order valence-corrected chi connectivity index (χ1v) is 9.91. The van der Waals surface area contributed by atoms with Crippen molar-refractivity contribution >= 4 is 5.78 Å². The molecule has 0 bridgehead atoms. The van der Waals surface area contributed by atoms with Gasteiger partial charge in [0.25, 0.3) is 0 Å². The molecule has 4 rings (SSSR count). The van der Waals surface area contributed by atoms with E-state index >= 15 is 0 Å². The number of carbonyl (C=O) groups excluding carboxylic acids is 1. The molecule has 0 spiro atoms. The summed E-state index contributed by atoms with van der Waals surface area (Å²) in [4.78, 5) is 12.7. The Bertz CT molecular complexity index is 1150. The fraction of sp³-hybridized carbons (Fsp3) is 0.250. The van der Waals surface area contributed by atoms with Crippen molar-refractivity contribution in [3.63, 3.8) is 0 Å². The smallest absolute Gasteiger partial charge is 0.205 e. The molecule has 1 heterocycles. The van der Waals surface area contributed by atoms with E-state index in [0.717, 1.165) is 0 Å². The lowest BCUT2D eigenvalue weighted by Crippen LogP contribution is -2.27. The summed E-state index contributed by atoms with van der Waals surface area (Å²) in [5.74, 6) is 0.329. The van der Waals surface area contributed by atoms with Gasteiger partial charge in [-0.1, -0.05) is 24.3 Å². The van der Waals surface area contributed by atoms with E-state index in [1.807, 2.05) is 0 Å². The van der Waals surface area contributed by atoms with E-state index in [9.17, 15) is 14.4 Å². The quantitative estimate of drug-likeness (QED) is 0.778. The summed E-state index contributed by atoms with van der Waals surface area (Å²) in [6, 6.07) is 13.6. The number of halogens is 1. The Morgan fingerprint density at radius 3 is 2.77 bits per heavy atom. The molecule has 7 heteroatoms. The molecule has 0 aromatic heterocycles. The van der Waals surface area contributed by atoms with Gasteiger partial charge in [-0.25, -0.2) is 4.39 Å². The summed E-state index contributed by atoms with van der Waals surface area (Å²) in [5.41, 5.74) is 7.74. The van der Waals surface area contributed by atoms with Gasteiger partial charge in [-0.2, -0.15) is 5.26 Å². The Morgan fingerprint density at radius 2 is 2.03 bits per heavy atom. The molecule has 1 aliphatic carbocycles. The zero-order chi connectivity index (χ0) is 22.0. The average Bonchev–Trinajstić information content (AvgIpc) is 2.77. The van der Waals surface area contributed by atoms with Crippen molar-refractivity contribution in [2.24, 2.45) is 5.73 Å². The van der Waals surface area contributed by atoms with Gasteiger partial charge in [0.15, 0.2) is 17.3 Å². The van der Waals surface area contributed by atoms with Gasteiger partial charge in [0.1, 0.15) is 29.8 Å². The van der Waals surface area contributed by atoms with Crippen molar-refractivity contribution in [2.45, 2.75) is 31.8 Å². The topological polar surface area (TPSA) is 94.6 Å². The van der Waals surface area contributed by atoms with Gasteiger partial charge < -0.3 is 19.9 Å². The lowest BCUT2D eigenvalue weighted by molar-refractivity contribution is -0.116. The summed E-state index contributed by atoms with van der Waals surface area (Å²) < 4.78 is 30.7. The molecule has 0 saturated heterocycles. The second kappa shape index (κ2) is 8.52. The first kappa shape index (κ1) is 20.5. The highest BCUT2D eigenvalue weighted by Crippen LogP contribution is 2.45. The van der Waals surface area contributed by atoms with Gasteiger partial charge >= 0.3 is 0 Å². The van der Waals surface area contributed by atoms with Crippen LogP contribution in [0, 0.1) is 17.1 Å². The number of carbonyl (C=O) groups is 1. The molecule has 0 unspecified atom stereocenters. The molecule has 0 saturated carbocycles. The van der Waals surface area contributed by atoms with Crippen molar-refractivity contribution in [1.29, 1.82) is 5.26 Å². The number of rotatable bonds is 5. The number of ketones is 1. The highest BCUT2D eigenvalue weighted by molar-refractivity contribution is 5.99. The molecule has 1 atom stereocenters. The number of hydrogen-bond acceptors (Lipinski definition) is 6. The minimum absolute atomic E-state index is 0.0137. The molecule has 2 N–H and O–H groups in total. The van der Waals surface area contributed by atoms with Crippen LogP contribution in [0.1, 0.15) is 36.3 Å². The van der Waals surface area contributed by atoms with Crippen molar-refractivity contribution in [1.82, 2.24) is 0 Å². The summed E-state index contributed by atoms with van der Waals surface area (Å²) in [6.45, 7) is 0.0315. The summed E-state index contributed by atoms with van der Waals surface area (Å²) in [5, 5.41) is 9.69. The molecular formula is C24H21FN2O4. The fourth-order valence-electron chi connectivity index (χ4n) is 3.94. The Balaban J connectivity index is 1.69. The number of hydrogen-bond donors (Lipinski definition) is 1. The van der Waals surface area contributed by atoms with Gasteiger partial charge in [0, 0.05) is 24.0 Å².